The lowest BCUT2D eigenvalue weighted by Crippen LogP contribution is -2.30. The van der Waals surface area contributed by atoms with Crippen molar-refractivity contribution < 1.29 is 4.74 Å². The molecule has 100 valence electrons. The predicted molar refractivity (Wildman–Crippen MR) is 75.9 cm³/mol. The van der Waals surface area contributed by atoms with E-state index in [0.717, 1.165) is 28.1 Å². The summed E-state index contributed by atoms with van der Waals surface area (Å²) in [6.45, 7) is 4.10. The molecule has 0 aliphatic rings. The van der Waals surface area contributed by atoms with Gasteiger partial charge in [0.25, 0.3) is 0 Å². The van der Waals surface area contributed by atoms with Crippen LogP contribution in [0, 0.1) is 13.8 Å². The molecule has 1 atom stereocenters. The number of hydrogen-bond donors (Lipinski definition) is 2. The number of aromatic nitrogens is 1. The fourth-order valence-corrected chi connectivity index (χ4v) is 2.34. The van der Waals surface area contributed by atoms with Crippen molar-refractivity contribution in [3.05, 3.63) is 58.9 Å². The lowest BCUT2D eigenvalue weighted by molar-refractivity contribution is 0.402. The number of methoxy groups -OCH3 is 1. The van der Waals surface area contributed by atoms with Gasteiger partial charge in [-0.1, -0.05) is 12.1 Å². The molecule has 0 saturated heterocycles. The fourth-order valence-electron chi connectivity index (χ4n) is 2.34. The van der Waals surface area contributed by atoms with Crippen LogP contribution in [0.2, 0.25) is 0 Å². The number of rotatable bonds is 4. The molecule has 0 aliphatic carbocycles. The standard InChI is InChI=1S/C15H19N3O/c1-10-8-11(2)14(13(9-10)19-3)15(18-16)12-6-4-5-7-17-12/h4-9,15,18H,16H2,1-3H3. The zero-order chi connectivity index (χ0) is 13.8. The Morgan fingerprint density at radius 1 is 1.26 bits per heavy atom. The highest BCUT2D eigenvalue weighted by Gasteiger charge is 2.20. The van der Waals surface area contributed by atoms with E-state index in [1.807, 2.05) is 31.2 Å². The number of nitrogens with zero attached hydrogens (tertiary/aromatic N) is 1. The molecule has 0 saturated carbocycles. The van der Waals surface area contributed by atoms with Gasteiger partial charge >= 0.3 is 0 Å². The SMILES string of the molecule is COc1cc(C)cc(C)c1C(NN)c1ccccn1. The third-order valence-electron chi connectivity index (χ3n) is 3.15. The van der Waals surface area contributed by atoms with E-state index in [2.05, 4.69) is 23.4 Å². The highest BCUT2D eigenvalue weighted by atomic mass is 16.5. The Labute approximate surface area is 113 Å². The van der Waals surface area contributed by atoms with Crippen molar-refractivity contribution in [1.29, 1.82) is 0 Å². The smallest absolute Gasteiger partial charge is 0.124 e. The lowest BCUT2D eigenvalue weighted by atomic mass is 9.96. The summed E-state index contributed by atoms with van der Waals surface area (Å²) in [5, 5.41) is 0. The van der Waals surface area contributed by atoms with Crippen molar-refractivity contribution in [2.75, 3.05) is 7.11 Å². The third kappa shape index (κ3) is 2.75. The number of ether oxygens (including phenoxy) is 1. The van der Waals surface area contributed by atoms with E-state index in [-0.39, 0.29) is 6.04 Å². The number of hydrazine groups is 1. The number of hydrogen-bond acceptors (Lipinski definition) is 4. The third-order valence-corrected chi connectivity index (χ3v) is 3.15. The van der Waals surface area contributed by atoms with Crippen LogP contribution in [0.5, 0.6) is 5.75 Å². The minimum absolute atomic E-state index is 0.184. The van der Waals surface area contributed by atoms with Crippen molar-refractivity contribution in [3.63, 3.8) is 0 Å². The number of benzene rings is 1. The van der Waals surface area contributed by atoms with Crippen LogP contribution in [0.25, 0.3) is 0 Å². The minimum Gasteiger partial charge on any atom is -0.496 e. The van der Waals surface area contributed by atoms with Crippen LogP contribution in [-0.2, 0) is 0 Å². The molecule has 19 heavy (non-hydrogen) atoms. The first-order valence-electron chi connectivity index (χ1n) is 6.19. The zero-order valence-corrected chi connectivity index (χ0v) is 11.5. The summed E-state index contributed by atoms with van der Waals surface area (Å²) < 4.78 is 5.49. The molecule has 1 aromatic heterocycles. The largest absolute Gasteiger partial charge is 0.496 e. The quantitative estimate of drug-likeness (QED) is 0.651. The molecule has 4 heteroatoms. The average Bonchev–Trinajstić information content (AvgIpc) is 2.42. The Bertz CT molecular complexity index is 555. The summed E-state index contributed by atoms with van der Waals surface area (Å²) in [5.41, 5.74) is 7.01. The summed E-state index contributed by atoms with van der Waals surface area (Å²) in [6.07, 6.45) is 1.76. The summed E-state index contributed by atoms with van der Waals surface area (Å²) in [7, 11) is 1.67. The van der Waals surface area contributed by atoms with Crippen LogP contribution in [0.4, 0.5) is 0 Å². The van der Waals surface area contributed by atoms with E-state index < -0.39 is 0 Å². The maximum absolute atomic E-state index is 5.72. The Hall–Kier alpha value is -1.91. The molecule has 0 radical (unpaired) electrons. The van der Waals surface area contributed by atoms with Gasteiger partial charge in [-0.05, 0) is 43.2 Å². The maximum atomic E-state index is 5.72. The van der Waals surface area contributed by atoms with Crippen LogP contribution < -0.4 is 16.0 Å². The van der Waals surface area contributed by atoms with Gasteiger partial charge in [0, 0.05) is 11.8 Å². The molecule has 0 fully saturated rings. The fraction of sp³-hybridized carbons (Fsp3) is 0.267. The number of aryl methyl sites for hydroxylation is 2. The Morgan fingerprint density at radius 2 is 2.05 bits per heavy atom. The van der Waals surface area contributed by atoms with Crippen molar-refractivity contribution in [3.8, 4) is 5.75 Å². The molecule has 0 bridgehead atoms. The van der Waals surface area contributed by atoms with Gasteiger partial charge in [-0.2, -0.15) is 0 Å². The van der Waals surface area contributed by atoms with Gasteiger partial charge in [-0.15, -0.1) is 0 Å². The van der Waals surface area contributed by atoms with Gasteiger partial charge in [0.1, 0.15) is 5.75 Å². The summed E-state index contributed by atoms with van der Waals surface area (Å²) in [6, 6.07) is 9.72. The second-order valence-corrected chi connectivity index (χ2v) is 4.55. The zero-order valence-electron chi connectivity index (χ0n) is 11.5. The van der Waals surface area contributed by atoms with Crippen molar-refractivity contribution >= 4 is 0 Å². The molecule has 2 rings (SSSR count). The Kier molecular flexibility index (Phi) is 4.14. The van der Waals surface area contributed by atoms with Crippen LogP contribution in [0.3, 0.4) is 0 Å². The summed E-state index contributed by atoms with van der Waals surface area (Å²) in [5.74, 6) is 6.55. The van der Waals surface area contributed by atoms with Gasteiger partial charge in [-0.3, -0.25) is 10.8 Å². The molecule has 0 aliphatic heterocycles. The average molecular weight is 257 g/mol. The van der Waals surface area contributed by atoms with E-state index in [0.29, 0.717) is 0 Å². The summed E-state index contributed by atoms with van der Waals surface area (Å²) >= 11 is 0. The maximum Gasteiger partial charge on any atom is 0.124 e. The van der Waals surface area contributed by atoms with Crippen molar-refractivity contribution in [2.24, 2.45) is 5.84 Å². The van der Waals surface area contributed by atoms with E-state index in [1.165, 1.54) is 0 Å². The number of pyridine rings is 1. The molecule has 1 aromatic carbocycles. The first kappa shape index (κ1) is 13.5. The van der Waals surface area contributed by atoms with E-state index in [4.69, 9.17) is 10.6 Å². The molecular weight excluding hydrogens is 238 g/mol. The van der Waals surface area contributed by atoms with E-state index in [1.54, 1.807) is 13.3 Å². The molecule has 4 nitrogen and oxygen atoms in total. The second-order valence-electron chi connectivity index (χ2n) is 4.55. The number of nitrogens with one attached hydrogen (secondary N) is 1. The lowest BCUT2D eigenvalue weighted by Gasteiger charge is -2.21. The normalized spacial score (nSPS) is 12.2. The first-order valence-corrected chi connectivity index (χ1v) is 6.19. The van der Waals surface area contributed by atoms with Gasteiger partial charge < -0.3 is 4.74 Å². The topological polar surface area (TPSA) is 60.2 Å². The van der Waals surface area contributed by atoms with Crippen LogP contribution in [-0.4, -0.2) is 12.1 Å². The van der Waals surface area contributed by atoms with E-state index in [9.17, 15) is 0 Å². The highest BCUT2D eigenvalue weighted by Crippen LogP contribution is 2.32. The van der Waals surface area contributed by atoms with Crippen LogP contribution in [0.15, 0.2) is 36.5 Å². The van der Waals surface area contributed by atoms with Crippen LogP contribution in [0.1, 0.15) is 28.4 Å². The molecule has 3 N–H and O–H groups in total. The van der Waals surface area contributed by atoms with Crippen molar-refractivity contribution in [2.45, 2.75) is 19.9 Å². The highest BCUT2D eigenvalue weighted by molar-refractivity contribution is 5.47. The van der Waals surface area contributed by atoms with Crippen molar-refractivity contribution in [1.82, 2.24) is 10.4 Å². The second kappa shape index (κ2) is 5.82. The van der Waals surface area contributed by atoms with Gasteiger partial charge in [0.15, 0.2) is 0 Å². The molecule has 1 unspecified atom stereocenters. The monoisotopic (exact) mass is 257 g/mol. The molecule has 2 aromatic rings. The van der Waals surface area contributed by atoms with Gasteiger partial charge in [-0.25, -0.2) is 5.43 Å². The van der Waals surface area contributed by atoms with Crippen LogP contribution >= 0.6 is 0 Å². The molecule has 1 heterocycles. The van der Waals surface area contributed by atoms with Gasteiger partial charge in [0.05, 0.1) is 18.8 Å². The van der Waals surface area contributed by atoms with E-state index >= 15 is 0 Å². The van der Waals surface area contributed by atoms with Gasteiger partial charge in [0.2, 0.25) is 0 Å². The molecule has 0 amide bonds. The number of nitrogens with two attached hydrogens (primary N) is 1. The molecular formula is C15H19N3O. The Morgan fingerprint density at radius 3 is 2.63 bits per heavy atom. The minimum atomic E-state index is -0.184. The Balaban J connectivity index is 2.55. The molecule has 0 spiro atoms. The predicted octanol–water partition coefficient (Wildman–Crippen LogP) is 2.26. The first-order chi connectivity index (χ1) is 9.17. The summed E-state index contributed by atoms with van der Waals surface area (Å²) in [4.78, 5) is 4.37.